The van der Waals surface area contributed by atoms with Gasteiger partial charge in [0, 0.05) is 11.5 Å². The minimum Gasteiger partial charge on any atom is -0.502 e. The molecule has 17 heavy (non-hydrogen) atoms. The molecule has 0 aromatic rings. The minimum atomic E-state index is -0.782. The molecule has 2 bridgehead atoms. The molecule has 0 aromatic carbocycles. The minimum absolute atomic E-state index is 0.00945. The lowest BCUT2D eigenvalue weighted by molar-refractivity contribution is -0.146. The van der Waals surface area contributed by atoms with Crippen LogP contribution in [0.3, 0.4) is 0 Å². The molecule has 0 heterocycles. The smallest absolute Gasteiger partial charge is 0.373 e. The molecule has 3 rings (SSSR count). The number of Topliss-reactive ketones (excluding diaryl/α,β-unsaturated/α-hetero) is 1. The van der Waals surface area contributed by atoms with Gasteiger partial charge >= 0.3 is 5.97 Å². The summed E-state index contributed by atoms with van der Waals surface area (Å²) in [4.78, 5) is 23.5. The Morgan fingerprint density at radius 1 is 1.53 bits per heavy atom. The van der Waals surface area contributed by atoms with Gasteiger partial charge in [-0.1, -0.05) is 13.8 Å². The van der Waals surface area contributed by atoms with Gasteiger partial charge in [0.15, 0.2) is 5.78 Å². The molecule has 3 aliphatic carbocycles. The predicted molar refractivity (Wildman–Crippen MR) is 61.3 cm³/mol. The van der Waals surface area contributed by atoms with E-state index in [2.05, 4.69) is 13.8 Å². The van der Waals surface area contributed by atoms with Crippen molar-refractivity contribution in [2.45, 2.75) is 33.6 Å². The Labute approximate surface area is 101 Å². The SMILES string of the molecule is CCOC(=O)/C(O)=C1\CC2CC(C1=O)C2(C)C. The summed E-state index contributed by atoms with van der Waals surface area (Å²) in [6.07, 6.45) is 1.37. The number of rotatable bonds is 2. The van der Waals surface area contributed by atoms with Crippen LogP contribution < -0.4 is 0 Å². The van der Waals surface area contributed by atoms with E-state index in [1.807, 2.05) is 0 Å². The summed E-state index contributed by atoms with van der Waals surface area (Å²) in [6.45, 7) is 6.01. The Kier molecular flexibility index (Phi) is 2.76. The Balaban J connectivity index is 2.23. The zero-order valence-electron chi connectivity index (χ0n) is 10.4. The van der Waals surface area contributed by atoms with Crippen LogP contribution in [0.4, 0.5) is 0 Å². The maximum atomic E-state index is 12.1. The summed E-state index contributed by atoms with van der Waals surface area (Å²) in [5.74, 6) is -1.01. The number of carbonyl (C=O) groups excluding carboxylic acids is 2. The maximum absolute atomic E-state index is 12.1. The first-order valence-corrected chi connectivity index (χ1v) is 6.03. The molecule has 0 aromatic heterocycles. The fourth-order valence-corrected chi connectivity index (χ4v) is 2.90. The third kappa shape index (κ3) is 1.66. The monoisotopic (exact) mass is 238 g/mol. The summed E-state index contributed by atoms with van der Waals surface area (Å²) in [5, 5.41) is 9.74. The van der Waals surface area contributed by atoms with Crippen LogP contribution in [-0.4, -0.2) is 23.5 Å². The lowest BCUT2D eigenvalue weighted by atomic mass is 9.47. The fraction of sp³-hybridized carbons (Fsp3) is 0.692. The van der Waals surface area contributed by atoms with Crippen molar-refractivity contribution in [3.8, 4) is 0 Å². The van der Waals surface area contributed by atoms with Crippen LogP contribution in [0.1, 0.15) is 33.6 Å². The second kappa shape index (κ2) is 3.86. The van der Waals surface area contributed by atoms with Gasteiger partial charge in [-0.25, -0.2) is 4.79 Å². The van der Waals surface area contributed by atoms with E-state index in [-0.39, 0.29) is 29.3 Å². The van der Waals surface area contributed by atoms with Crippen LogP contribution in [0.15, 0.2) is 11.3 Å². The topological polar surface area (TPSA) is 63.6 Å². The number of fused-ring (bicyclic) bond motifs is 2. The molecule has 0 amide bonds. The normalized spacial score (nSPS) is 32.8. The molecule has 3 aliphatic rings. The van der Waals surface area contributed by atoms with Gasteiger partial charge in [-0.3, -0.25) is 4.79 Å². The first kappa shape index (κ1) is 12.1. The van der Waals surface area contributed by atoms with Gasteiger partial charge in [0.1, 0.15) is 0 Å². The van der Waals surface area contributed by atoms with Gasteiger partial charge in [-0.15, -0.1) is 0 Å². The molecule has 0 radical (unpaired) electrons. The number of hydrogen-bond donors (Lipinski definition) is 1. The van der Waals surface area contributed by atoms with Crippen molar-refractivity contribution < 1.29 is 19.4 Å². The van der Waals surface area contributed by atoms with E-state index in [0.717, 1.165) is 6.42 Å². The average Bonchev–Trinajstić information content (AvgIpc) is 2.27. The fourth-order valence-electron chi connectivity index (χ4n) is 2.90. The molecule has 1 N–H and O–H groups in total. The Bertz CT molecular complexity index is 406. The second-order valence-electron chi connectivity index (χ2n) is 5.42. The van der Waals surface area contributed by atoms with E-state index in [1.54, 1.807) is 6.92 Å². The number of hydrogen-bond acceptors (Lipinski definition) is 4. The summed E-state index contributed by atoms with van der Waals surface area (Å²) in [6, 6.07) is 0. The number of aliphatic hydroxyl groups excluding tert-OH is 1. The van der Waals surface area contributed by atoms with Gasteiger partial charge < -0.3 is 9.84 Å². The number of ether oxygens (including phenoxy) is 1. The third-order valence-electron chi connectivity index (χ3n) is 4.29. The Hall–Kier alpha value is -1.32. The van der Waals surface area contributed by atoms with Crippen LogP contribution in [0.5, 0.6) is 0 Å². The summed E-state index contributed by atoms with van der Waals surface area (Å²) >= 11 is 0. The second-order valence-corrected chi connectivity index (χ2v) is 5.42. The van der Waals surface area contributed by atoms with E-state index in [0.29, 0.717) is 12.3 Å². The van der Waals surface area contributed by atoms with Gasteiger partial charge in [0.05, 0.1) is 6.61 Å². The molecular formula is C13H18O4. The number of esters is 1. The van der Waals surface area contributed by atoms with Crippen molar-refractivity contribution in [1.29, 1.82) is 0 Å². The highest BCUT2D eigenvalue weighted by atomic mass is 16.5. The van der Waals surface area contributed by atoms with E-state index >= 15 is 0 Å². The van der Waals surface area contributed by atoms with Gasteiger partial charge in [-0.05, 0) is 31.1 Å². The quantitative estimate of drug-likeness (QED) is 0.454. The first-order chi connectivity index (χ1) is 7.89. The van der Waals surface area contributed by atoms with Crippen molar-refractivity contribution in [2.24, 2.45) is 17.3 Å². The average molecular weight is 238 g/mol. The van der Waals surface area contributed by atoms with Crippen LogP contribution in [0.2, 0.25) is 0 Å². The zero-order valence-corrected chi connectivity index (χ0v) is 10.4. The standard InChI is InChI=1S/C13H18O4/c1-4-17-12(16)11(15)8-5-7-6-9(10(8)14)13(7,2)3/h7,9,15H,4-6H2,1-3H3/b11-8-. The Morgan fingerprint density at radius 3 is 2.65 bits per heavy atom. The van der Waals surface area contributed by atoms with Crippen LogP contribution in [0, 0.1) is 17.3 Å². The van der Waals surface area contributed by atoms with Crippen LogP contribution in [0.25, 0.3) is 0 Å². The zero-order chi connectivity index (χ0) is 12.8. The molecule has 0 spiro atoms. The lowest BCUT2D eigenvalue weighted by Gasteiger charge is -2.55. The predicted octanol–water partition coefficient (Wildman–Crippen LogP) is 2.00. The molecule has 94 valence electrons. The highest BCUT2D eigenvalue weighted by molar-refractivity contribution is 6.05. The van der Waals surface area contributed by atoms with E-state index in [9.17, 15) is 14.7 Å². The molecule has 2 atom stereocenters. The largest absolute Gasteiger partial charge is 0.502 e. The van der Waals surface area contributed by atoms with Gasteiger partial charge in [-0.2, -0.15) is 0 Å². The van der Waals surface area contributed by atoms with Crippen molar-refractivity contribution >= 4 is 11.8 Å². The van der Waals surface area contributed by atoms with Gasteiger partial charge in [0.2, 0.25) is 5.76 Å². The summed E-state index contributed by atoms with van der Waals surface area (Å²) in [7, 11) is 0. The summed E-state index contributed by atoms with van der Waals surface area (Å²) < 4.78 is 4.71. The Morgan fingerprint density at radius 2 is 2.18 bits per heavy atom. The molecule has 2 unspecified atom stereocenters. The van der Waals surface area contributed by atoms with Crippen molar-refractivity contribution in [3.63, 3.8) is 0 Å². The van der Waals surface area contributed by atoms with Gasteiger partial charge in [0.25, 0.3) is 0 Å². The number of allylic oxidation sites excluding steroid dienone is 1. The molecule has 4 heteroatoms. The van der Waals surface area contributed by atoms with Crippen LogP contribution >= 0.6 is 0 Å². The first-order valence-electron chi connectivity index (χ1n) is 6.03. The van der Waals surface area contributed by atoms with Crippen molar-refractivity contribution in [3.05, 3.63) is 11.3 Å². The third-order valence-corrected chi connectivity index (χ3v) is 4.29. The summed E-state index contributed by atoms with van der Waals surface area (Å²) in [5.41, 5.74) is 0.277. The molecule has 0 saturated heterocycles. The molecule has 3 fully saturated rings. The highest BCUT2D eigenvalue weighted by Gasteiger charge is 2.57. The van der Waals surface area contributed by atoms with E-state index < -0.39 is 11.7 Å². The number of aliphatic hydroxyl groups is 1. The number of ketones is 1. The van der Waals surface area contributed by atoms with E-state index in [4.69, 9.17) is 4.74 Å². The lowest BCUT2D eigenvalue weighted by Crippen LogP contribution is -2.54. The number of carbonyl (C=O) groups is 2. The molecule has 3 saturated carbocycles. The van der Waals surface area contributed by atoms with Crippen LogP contribution in [-0.2, 0) is 14.3 Å². The molecule has 4 nitrogen and oxygen atoms in total. The molecular weight excluding hydrogens is 220 g/mol. The highest BCUT2D eigenvalue weighted by Crippen LogP contribution is 2.59. The molecule has 0 aliphatic heterocycles. The van der Waals surface area contributed by atoms with E-state index in [1.165, 1.54) is 0 Å². The van der Waals surface area contributed by atoms with Crippen molar-refractivity contribution in [2.75, 3.05) is 6.61 Å². The van der Waals surface area contributed by atoms with Crippen molar-refractivity contribution in [1.82, 2.24) is 0 Å². The maximum Gasteiger partial charge on any atom is 0.373 e.